The van der Waals surface area contributed by atoms with Crippen molar-refractivity contribution < 1.29 is 14.6 Å². The van der Waals surface area contributed by atoms with Crippen molar-refractivity contribution in [3.8, 4) is 12.8 Å². The van der Waals surface area contributed by atoms with E-state index in [1.54, 1.807) is 7.11 Å². The third-order valence-corrected chi connectivity index (χ3v) is 4.61. The normalized spacial score (nSPS) is 15.8. The smallest absolute Gasteiger partial charge is 0.133 e. The minimum Gasteiger partial charge on any atom is -0.396 e. The van der Waals surface area contributed by atoms with Gasteiger partial charge in [0.05, 0.1) is 6.61 Å². The molecular formula is C26H38O3. The topological polar surface area (TPSA) is 46.5 Å². The summed E-state index contributed by atoms with van der Waals surface area (Å²) in [7, 11) is 1.72. The maximum Gasteiger partial charge on any atom is 0.133 e. The number of aliphatic hydroxyl groups excluding tert-OH is 1. The fourth-order valence-electron chi connectivity index (χ4n) is 3.13. The fourth-order valence-corrected chi connectivity index (χ4v) is 3.13. The summed E-state index contributed by atoms with van der Waals surface area (Å²) in [6.45, 7) is 3.02. The number of allylic oxidation sites excluding steroid dienone is 4. The minimum absolute atomic E-state index is 0.331. The molecule has 1 saturated carbocycles. The van der Waals surface area contributed by atoms with E-state index in [1.807, 2.05) is 13.0 Å². The molecule has 0 heterocycles. The minimum atomic E-state index is 0.331. The van der Waals surface area contributed by atoms with Gasteiger partial charge in [-0.05, 0) is 62.5 Å². The summed E-state index contributed by atoms with van der Waals surface area (Å²) < 4.78 is 5.14. The molecule has 160 valence electrons. The molecule has 0 spiro atoms. The van der Waals surface area contributed by atoms with Crippen LogP contribution < -0.4 is 0 Å². The summed E-state index contributed by atoms with van der Waals surface area (Å²) >= 11 is 0. The number of rotatable bonds is 10. The highest BCUT2D eigenvalue weighted by Gasteiger charge is 2.18. The van der Waals surface area contributed by atoms with Gasteiger partial charge in [-0.25, -0.2) is 0 Å². The zero-order chi connectivity index (χ0) is 21.7. The largest absolute Gasteiger partial charge is 0.396 e. The lowest BCUT2D eigenvalue weighted by Crippen LogP contribution is -1.92. The first kappa shape index (κ1) is 26.9. The zero-order valence-electron chi connectivity index (χ0n) is 18.2. The van der Waals surface area contributed by atoms with Crippen LogP contribution in [-0.4, -0.2) is 24.6 Å². The molecule has 1 aromatic rings. The van der Waals surface area contributed by atoms with Crippen molar-refractivity contribution in [2.75, 3.05) is 13.7 Å². The number of hydrogen-bond acceptors (Lipinski definition) is 3. The van der Waals surface area contributed by atoms with Gasteiger partial charge < -0.3 is 9.84 Å². The summed E-state index contributed by atoms with van der Waals surface area (Å²) in [6, 6.07) is 8.54. The number of carbonyl (C=O) groups is 1. The van der Waals surface area contributed by atoms with Crippen LogP contribution in [0.5, 0.6) is 0 Å². The molecular weight excluding hydrogens is 360 g/mol. The molecule has 1 aliphatic rings. The molecule has 1 N–H and O–H groups in total. The number of ketones is 1. The maximum absolute atomic E-state index is 11.2. The second-order valence-corrected chi connectivity index (χ2v) is 7.05. The summed E-state index contributed by atoms with van der Waals surface area (Å²) in [5, 5.41) is 8.34. The Kier molecular flexibility index (Phi) is 17.8. The number of aliphatic hydroxyl groups is 1. The van der Waals surface area contributed by atoms with Crippen LogP contribution in [0.2, 0.25) is 0 Å². The standard InChI is InChI=1S/C17H22O2.C7H14O.C2H2/c1-19-13-16-8-4-7-14(11-16)5-2-3-6-15-9-10-17(18)12-15;1-2-3-4-5-6-7-8;1-2/h3-4,6-8,11,15H,2,5,9-10,12-13H2,1H3;2-3,8H,4-7H2,1H3;1-2H/b6-3+;3-2-;/t15-;;/m0../s1. The third kappa shape index (κ3) is 14.5. The van der Waals surface area contributed by atoms with E-state index in [9.17, 15) is 4.79 Å². The van der Waals surface area contributed by atoms with Crippen LogP contribution >= 0.6 is 0 Å². The first-order chi connectivity index (χ1) is 14.2. The number of ether oxygens (including phenoxy) is 1. The van der Waals surface area contributed by atoms with Crippen LogP contribution in [0.3, 0.4) is 0 Å². The Balaban J connectivity index is 0.000000664. The number of methoxy groups -OCH3 is 1. The van der Waals surface area contributed by atoms with Gasteiger partial charge in [-0.2, -0.15) is 0 Å². The van der Waals surface area contributed by atoms with Crippen molar-refractivity contribution in [2.24, 2.45) is 5.92 Å². The molecule has 1 aliphatic carbocycles. The van der Waals surface area contributed by atoms with Gasteiger partial charge >= 0.3 is 0 Å². The number of hydrogen-bond donors (Lipinski definition) is 1. The Morgan fingerprint density at radius 2 is 1.93 bits per heavy atom. The summed E-state index contributed by atoms with van der Waals surface area (Å²) in [6.07, 6.45) is 24.4. The Bertz CT molecular complexity index is 613. The average Bonchev–Trinajstić information content (AvgIpc) is 3.16. The number of Topliss-reactive ketones (excluding diaryl/α,β-unsaturated/α-hetero) is 1. The van der Waals surface area contributed by atoms with Gasteiger partial charge in [-0.15, -0.1) is 12.8 Å². The lowest BCUT2D eigenvalue weighted by atomic mass is 10.0. The molecule has 0 radical (unpaired) electrons. The lowest BCUT2D eigenvalue weighted by Gasteiger charge is -2.04. The molecule has 0 aromatic heterocycles. The number of carbonyl (C=O) groups excluding carboxylic acids is 1. The number of terminal acetylenes is 1. The van der Waals surface area contributed by atoms with Gasteiger partial charge in [0, 0.05) is 26.6 Å². The van der Waals surface area contributed by atoms with E-state index in [4.69, 9.17) is 9.84 Å². The second-order valence-electron chi connectivity index (χ2n) is 7.05. The molecule has 0 aliphatic heterocycles. The van der Waals surface area contributed by atoms with Crippen molar-refractivity contribution in [1.29, 1.82) is 0 Å². The van der Waals surface area contributed by atoms with E-state index in [-0.39, 0.29) is 0 Å². The van der Waals surface area contributed by atoms with E-state index in [0.29, 0.717) is 24.9 Å². The van der Waals surface area contributed by atoms with Crippen LogP contribution in [0.4, 0.5) is 0 Å². The fraction of sp³-hybridized carbons (Fsp3) is 0.500. The molecule has 1 aromatic carbocycles. The van der Waals surface area contributed by atoms with Crippen molar-refractivity contribution in [2.45, 2.75) is 64.9 Å². The third-order valence-electron chi connectivity index (χ3n) is 4.61. The summed E-state index contributed by atoms with van der Waals surface area (Å²) in [5.41, 5.74) is 2.58. The number of benzene rings is 1. The van der Waals surface area contributed by atoms with Crippen molar-refractivity contribution in [3.05, 3.63) is 59.7 Å². The van der Waals surface area contributed by atoms with Gasteiger partial charge in [-0.1, -0.05) is 48.6 Å². The Labute approximate surface area is 177 Å². The summed E-state index contributed by atoms with van der Waals surface area (Å²) in [4.78, 5) is 11.2. The van der Waals surface area contributed by atoms with Gasteiger partial charge in [0.1, 0.15) is 5.78 Å². The van der Waals surface area contributed by atoms with Crippen molar-refractivity contribution in [3.63, 3.8) is 0 Å². The van der Waals surface area contributed by atoms with Crippen LogP contribution in [-0.2, 0) is 22.6 Å². The van der Waals surface area contributed by atoms with E-state index < -0.39 is 0 Å². The number of unbranched alkanes of at least 4 members (excludes halogenated alkanes) is 2. The second kappa shape index (κ2) is 19.2. The van der Waals surface area contributed by atoms with Gasteiger partial charge in [0.2, 0.25) is 0 Å². The molecule has 3 heteroatoms. The highest BCUT2D eigenvalue weighted by atomic mass is 16.5. The average molecular weight is 399 g/mol. The molecule has 0 unspecified atom stereocenters. The maximum atomic E-state index is 11.2. The van der Waals surface area contributed by atoms with Gasteiger partial charge in [-0.3, -0.25) is 4.79 Å². The predicted molar refractivity (Wildman–Crippen MR) is 123 cm³/mol. The van der Waals surface area contributed by atoms with E-state index in [1.165, 1.54) is 11.1 Å². The first-order valence-electron chi connectivity index (χ1n) is 10.5. The highest BCUT2D eigenvalue weighted by molar-refractivity contribution is 5.80. The van der Waals surface area contributed by atoms with E-state index in [2.05, 4.69) is 55.3 Å². The molecule has 29 heavy (non-hydrogen) atoms. The van der Waals surface area contributed by atoms with Crippen molar-refractivity contribution >= 4 is 5.78 Å². The van der Waals surface area contributed by atoms with Gasteiger partial charge in [0.25, 0.3) is 0 Å². The first-order valence-corrected chi connectivity index (χ1v) is 10.5. The molecule has 1 fully saturated rings. The molecule has 1 atom stereocenters. The van der Waals surface area contributed by atoms with Crippen LogP contribution in [0.25, 0.3) is 0 Å². The predicted octanol–water partition coefficient (Wildman–Crippen LogP) is 5.67. The molecule has 0 saturated heterocycles. The van der Waals surface area contributed by atoms with Crippen LogP contribution in [0.1, 0.15) is 63.0 Å². The zero-order valence-corrected chi connectivity index (χ0v) is 18.2. The quantitative estimate of drug-likeness (QED) is 0.314. The summed E-state index contributed by atoms with van der Waals surface area (Å²) in [5.74, 6) is 0.911. The Hall–Kier alpha value is -2.15. The molecule has 2 rings (SSSR count). The molecule has 0 amide bonds. The van der Waals surface area contributed by atoms with E-state index >= 15 is 0 Å². The van der Waals surface area contributed by atoms with Gasteiger partial charge in [0.15, 0.2) is 0 Å². The van der Waals surface area contributed by atoms with Crippen molar-refractivity contribution in [1.82, 2.24) is 0 Å². The molecule has 3 nitrogen and oxygen atoms in total. The Morgan fingerprint density at radius 1 is 1.17 bits per heavy atom. The van der Waals surface area contributed by atoms with E-state index in [0.717, 1.165) is 51.4 Å². The SMILES string of the molecule is C#C.C/C=C\CCCCO.COCc1cccc(CC/C=C/[C@H]2CCC(=O)C2)c1. The molecule has 0 bridgehead atoms. The number of aryl methyl sites for hydroxylation is 1. The van der Waals surface area contributed by atoms with Crippen LogP contribution in [0.15, 0.2) is 48.6 Å². The monoisotopic (exact) mass is 398 g/mol. The van der Waals surface area contributed by atoms with Crippen LogP contribution in [0, 0.1) is 18.8 Å². The highest BCUT2D eigenvalue weighted by Crippen LogP contribution is 2.23. The lowest BCUT2D eigenvalue weighted by molar-refractivity contribution is -0.117. The Morgan fingerprint density at radius 3 is 2.55 bits per heavy atom.